The van der Waals surface area contributed by atoms with Crippen LogP contribution in [0, 0.1) is 5.82 Å². The maximum absolute atomic E-state index is 13.9. The number of amides is 2. The normalized spacial score (nSPS) is 12.5. The zero-order chi connectivity index (χ0) is 15.1. The Morgan fingerprint density at radius 1 is 1.29 bits per heavy atom. The van der Waals surface area contributed by atoms with Gasteiger partial charge in [0.05, 0.1) is 5.56 Å². The van der Waals surface area contributed by atoms with E-state index in [0.29, 0.717) is 29.0 Å². The van der Waals surface area contributed by atoms with Gasteiger partial charge in [-0.3, -0.25) is 9.59 Å². The van der Waals surface area contributed by atoms with Gasteiger partial charge in [-0.1, -0.05) is 12.1 Å². The number of fused-ring (bicyclic) bond motifs is 3. The second-order valence-corrected chi connectivity index (χ2v) is 5.95. The number of nitrogens with one attached hydrogen (secondary N) is 1. The van der Waals surface area contributed by atoms with E-state index in [0.717, 1.165) is 16.0 Å². The van der Waals surface area contributed by atoms with Crippen LogP contribution in [0.5, 0.6) is 0 Å². The Bertz CT molecular complexity index is 767. The third kappa shape index (κ3) is 2.21. The van der Waals surface area contributed by atoms with Gasteiger partial charge in [-0.25, -0.2) is 4.39 Å². The van der Waals surface area contributed by atoms with E-state index in [-0.39, 0.29) is 11.7 Å². The molecular formula is C15H13FN2O2S. The average molecular weight is 304 g/mol. The van der Waals surface area contributed by atoms with Crippen molar-refractivity contribution in [2.75, 3.05) is 5.32 Å². The molecule has 1 aromatic carbocycles. The fourth-order valence-corrected chi connectivity index (χ4v) is 4.06. The van der Waals surface area contributed by atoms with Gasteiger partial charge in [0.2, 0.25) is 5.91 Å². The number of hydrogen-bond acceptors (Lipinski definition) is 3. The molecule has 0 saturated heterocycles. The minimum atomic E-state index is -0.573. The van der Waals surface area contributed by atoms with E-state index < -0.39 is 5.91 Å². The van der Waals surface area contributed by atoms with Crippen molar-refractivity contribution in [2.24, 2.45) is 5.73 Å². The van der Waals surface area contributed by atoms with E-state index in [1.165, 1.54) is 24.3 Å². The first-order chi connectivity index (χ1) is 9.99. The molecule has 3 N–H and O–H groups in total. The Morgan fingerprint density at radius 2 is 2.00 bits per heavy atom. The smallest absolute Gasteiger partial charge is 0.252 e. The number of primary amides is 1. The second-order valence-electron chi connectivity index (χ2n) is 4.93. The zero-order valence-electron chi connectivity index (χ0n) is 11.3. The largest absolute Gasteiger partial charge is 0.365 e. The van der Waals surface area contributed by atoms with Gasteiger partial charge in [0.15, 0.2) is 0 Å². The van der Waals surface area contributed by atoms with Crippen molar-refractivity contribution in [3.8, 4) is 10.4 Å². The summed E-state index contributed by atoms with van der Waals surface area (Å²) >= 11 is 1.27. The Balaban J connectivity index is 2.23. The minimum absolute atomic E-state index is 0.242. The molecule has 2 amide bonds. The fraction of sp³-hybridized carbons (Fsp3) is 0.200. The van der Waals surface area contributed by atoms with Crippen LogP contribution in [-0.4, -0.2) is 11.8 Å². The van der Waals surface area contributed by atoms with Crippen molar-refractivity contribution in [3.63, 3.8) is 0 Å². The number of benzene rings is 1. The van der Waals surface area contributed by atoms with E-state index in [9.17, 15) is 14.0 Å². The zero-order valence-corrected chi connectivity index (χ0v) is 12.1. The summed E-state index contributed by atoms with van der Waals surface area (Å²) in [6.07, 6.45) is 1.06. The van der Waals surface area contributed by atoms with Crippen LogP contribution >= 0.6 is 11.3 Å². The summed E-state index contributed by atoms with van der Waals surface area (Å²) < 4.78 is 13.9. The molecule has 0 bridgehead atoms. The molecule has 0 saturated carbocycles. The summed E-state index contributed by atoms with van der Waals surface area (Å²) in [4.78, 5) is 23.8. The fourth-order valence-electron chi connectivity index (χ4n) is 2.71. The predicted molar refractivity (Wildman–Crippen MR) is 79.9 cm³/mol. The number of carbonyl (C=O) groups is 2. The lowest BCUT2D eigenvalue weighted by atomic mass is 9.89. The quantitative estimate of drug-likeness (QED) is 0.895. The maximum atomic E-state index is 13.9. The highest BCUT2D eigenvalue weighted by Crippen LogP contribution is 2.45. The molecule has 0 fully saturated rings. The van der Waals surface area contributed by atoms with Crippen molar-refractivity contribution < 1.29 is 14.0 Å². The molecule has 0 radical (unpaired) electrons. The number of hydrogen-bond donors (Lipinski definition) is 2. The summed E-state index contributed by atoms with van der Waals surface area (Å²) in [5, 5.41) is 3.08. The Labute approximate surface area is 124 Å². The van der Waals surface area contributed by atoms with Gasteiger partial charge >= 0.3 is 0 Å². The lowest BCUT2D eigenvalue weighted by molar-refractivity contribution is -0.114. The van der Waals surface area contributed by atoms with E-state index >= 15 is 0 Å². The van der Waals surface area contributed by atoms with Crippen molar-refractivity contribution in [1.82, 2.24) is 0 Å². The predicted octanol–water partition coefficient (Wildman–Crippen LogP) is 2.71. The van der Waals surface area contributed by atoms with Gasteiger partial charge in [-0.05, 0) is 35.6 Å². The highest BCUT2D eigenvalue weighted by molar-refractivity contribution is 7.20. The summed E-state index contributed by atoms with van der Waals surface area (Å²) in [6.45, 7) is 1.37. The van der Waals surface area contributed by atoms with Crippen molar-refractivity contribution in [2.45, 2.75) is 19.8 Å². The molecule has 1 aliphatic rings. The lowest BCUT2D eigenvalue weighted by Crippen LogP contribution is -2.17. The summed E-state index contributed by atoms with van der Waals surface area (Å²) in [6, 6.07) is 4.90. The van der Waals surface area contributed by atoms with Crippen LogP contribution in [0.1, 0.15) is 28.4 Å². The van der Waals surface area contributed by atoms with Crippen LogP contribution in [-0.2, 0) is 17.6 Å². The van der Waals surface area contributed by atoms with Gasteiger partial charge < -0.3 is 11.1 Å². The molecule has 6 heteroatoms. The minimum Gasteiger partial charge on any atom is -0.365 e. The number of anilines is 1. The maximum Gasteiger partial charge on any atom is 0.252 e. The van der Waals surface area contributed by atoms with E-state index in [4.69, 9.17) is 5.73 Å². The number of thiophene rings is 1. The second kappa shape index (κ2) is 4.96. The molecule has 1 aromatic heterocycles. The van der Waals surface area contributed by atoms with Crippen LogP contribution < -0.4 is 11.1 Å². The first-order valence-corrected chi connectivity index (χ1v) is 7.31. The third-order valence-corrected chi connectivity index (χ3v) is 4.71. The molecule has 3 rings (SSSR count). The van der Waals surface area contributed by atoms with E-state index in [1.807, 2.05) is 6.07 Å². The molecule has 21 heavy (non-hydrogen) atoms. The Morgan fingerprint density at radius 3 is 2.67 bits per heavy atom. The standard InChI is InChI=1S/C15H13FN2O2S/c1-7(19)18-15-12(14(17)20)10-6-5-8-9(13(10)21-15)3-2-4-11(8)16/h2-4H,5-6H2,1H3,(H2,17,20)(H,18,19). The van der Waals surface area contributed by atoms with Gasteiger partial charge in [-0.2, -0.15) is 0 Å². The SMILES string of the molecule is CC(=O)Nc1sc2c(c1C(N)=O)CCc1c(F)cccc1-2. The lowest BCUT2D eigenvalue weighted by Gasteiger charge is -2.17. The van der Waals surface area contributed by atoms with E-state index in [1.54, 1.807) is 6.07 Å². The van der Waals surface area contributed by atoms with Crippen LogP contribution in [0.25, 0.3) is 10.4 Å². The molecule has 0 spiro atoms. The van der Waals surface area contributed by atoms with Crippen molar-refractivity contribution in [1.29, 1.82) is 0 Å². The number of nitrogens with two attached hydrogens (primary N) is 1. The Hall–Kier alpha value is -2.21. The molecular weight excluding hydrogens is 291 g/mol. The summed E-state index contributed by atoms with van der Waals surface area (Å²) in [5.41, 5.74) is 8.03. The summed E-state index contributed by atoms with van der Waals surface area (Å²) in [7, 11) is 0. The third-order valence-electron chi connectivity index (χ3n) is 3.53. The highest BCUT2D eigenvalue weighted by atomic mass is 32.1. The summed E-state index contributed by atoms with van der Waals surface area (Å²) in [5.74, 6) is -1.08. The van der Waals surface area contributed by atoms with Crippen molar-refractivity contribution >= 4 is 28.2 Å². The van der Waals surface area contributed by atoms with Crippen LogP contribution in [0.4, 0.5) is 9.39 Å². The molecule has 1 heterocycles. The molecule has 0 atom stereocenters. The number of halogens is 1. The molecule has 2 aromatic rings. The molecule has 0 unspecified atom stereocenters. The molecule has 108 valence electrons. The van der Waals surface area contributed by atoms with Gasteiger partial charge in [0.1, 0.15) is 10.8 Å². The topological polar surface area (TPSA) is 72.2 Å². The van der Waals surface area contributed by atoms with Gasteiger partial charge in [0, 0.05) is 11.8 Å². The van der Waals surface area contributed by atoms with E-state index in [2.05, 4.69) is 5.32 Å². The average Bonchev–Trinajstić information content (AvgIpc) is 2.76. The van der Waals surface area contributed by atoms with Gasteiger partial charge in [0.25, 0.3) is 5.91 Å². The monoisotopic (exact) mass is 304 g/mol. The van der Waals surface area contributed by atoms with Crippen LogP contribution in [0.3, 0.4) is 0 Å². The molecule has 0 aliphatic heterocycles. The van der Waals surface area contributed by atoms with Crippen molar-refractivity contribution in [3.05, 3.63) is 40.7 Å². The molecule has 4 nitrogen and oxygen atoms in total. The number of carbonyl (C=O) groups excluding carboxylic acids is 2. The van der Waals surface area contributed by atoms with Crippen LogP contribution in [0.15, 0.2) is 18.2 Å². The molecule has 1 aliphatic carbocycles. The Kier molecular flexibility index (Phi) is 3.25. The highest BCUT2D eigenvalue weighted by Gasteiger charge is 2.28. The first-order valence-electron chi connectivity index (χ1n) is 6.50. The van der Waals surface area contributed by atoms with Crippen LogP contribution in [0.2, 0.25) is 0 Å². The first kappa shape index (κ1) is 13.8. The van der Waals surface area contributed by atoms with Gasteiger partial charge in [-0.15, -0.1) is 11.3 Å². The number of rotatable bonds is 2.